The Hall–Kier alpha value is -4.13. The number of carbonyl (C=O) groups excluding carboxylic acids is 2. The van der Waals surface area contributed by atoms with Crippen LogP contribution in [0.1, 0.15) is 52.7 Å². The van der Waals surface area contributed by atoms with E-state index in [2.05, 4.69) is 6.07 Å². The molecule has 0 bridgehead atoms. The molecule has 0 spiro atoms. The molecule has 1 N–H and O–H groups in total. The molecule has 3 aromatic rings. The molecule has 1 saturated heterocycles. The summed E-state index contributed by atoms with van der Waals surface area (Å²) in [6.07, 6.45) is 3.18. The minimum Gasteiger partial charge on any atom is -0.480 e. The van der Waals surface area contributed by atoms with E-state index in [0.717, 1.165) is 46.4 Å². The smallest absolute Gasteiger partial charge is 0.326 e. The number of likely N-dealkylation sites (tertiary alicyclic amines) is 1. The van der Waals surface area contributed by atoms with Crippen LogP contribution in [0.3, 0.4) is 0 Å². The second-order valence-electron chi connectivity index (χ2n) is 10.5. The zero-order valence-corrected chi connectivity index (χ0v) is 21.2. The maximum Gasteiger partial charge on any atom is 0.326 e. The summed E-state index contributed by atoms with van der Waals surface area (Å²) >= 11 is 0. The van der Waals surface area contributed by atoms with Gasteiger partial charge >= 0.3 is 5.97 Å². The number of Topliss-reactive ketones (excluding diaryl/α,β-unsaturated/α-hetero) is 1. The van der Waals surface area contributed by atoms with Gasteiger partial charge in [0.15, 0.2) is 11.5 Å². The maximum absolute atomic E-state index is 13.5. The predicted molar refractivity (Wildman–Crippen MR) is 140 cm³/mol. The number of carbonyl (C=O) groups is 3. The number of ketones is 1. The molecule has 2 heterocycles. The van der Waals surface area contributed by atoms with Crippen molar-refractivity contribution in [3.8, 4) is 22.6 Å². The van der Waals surface area contributed by atoms with E-state index in [-0.39, 0.29) is 18.5 Å². The lowest BCUT2D eigenvalue weighted by Crippen LogP contribution is -2.40. The maximum atomic E-state index is 13.5. The number of nitrogens with zero attached hydrogens (tertiary/aromatic N) is 1. The van der Waals surface area contributed by atoms with E-state index in [0.29, 0.717) is 37.1 Å². The van der Waals surface area contributed by atoms with Crippen LogP contribution in [0.15, 0.2) is 60.7 Å². The SMILES string of the molecule is Cc1ccc(CC(=O)C2(c3ccc4c(c3)OCO4)CC2)cc1-c1ccc(C(=O)N2CCCC2C(=O)O)cc1. The van der Waals surface area contributed by atoms with Gasteiger partial charge in [-0.1, -0.05) is 36.4 Å². The number of fused-ring (bicyclic) bond motifs is 1. The number of rotatable bonds is 7. The molecule has 7 heteroatoms. The molecular weight excluding hydrogens is 482 g/mol. The molecule has 2 aliphatic heterocycles. The second-order valence-corrected chi connectivity index (χ2v) is 10.5. The van der Waals surface area contributed by atoms with Gasteiger partial charge in [0.25, 0.3) is 5.91 Å². The number of carboxylic acids is 1. The highest BCUT2D eigenvalue weighted by atomic mass is 16.7. The fraction of sp³-hybridized carbons (Fsp3) is 0.323. The minimum absolute atomic E-state index is 0.200. The first-order chi connectivity index (χ1) is 18.4. The highest BCUT2D eigenvalue weighted by Gasteiger charge is 2.50. The number of hydrogen-bond acceptors (Lipinski definition) is 5. The molecule has 1 amide bonds. The molecule has 7 nitrogen and oxygen atoms in total. The monoisotopic (exact) mass is 511 g/mol. The predicted octanol–water partition coefficient (Wildman–Crippen LogP) is 4.92. The fourth-order valence-corrected chi connectivity index (χ4v) is 5.72. The molecule has 2 fully saturated rings. The van der Waals surface area contributed by atoms with E-state index in [9.17, 15) is 19.5 Å². The molecule has 194 valence electrons. The molecular formula is C31H29NO6. The van der Waals surface area contributed by atoms with Crippen LogP contribution in [0, 0.1) is 6.92 Å². The first-order valence-corrected chi connectivity index (χ1v) is 13.0. The third-order valence-electron chi connectivity index (χ3n) is 8.12. The lowest BCUT2D eigenvalue weighted by molar-refractivity contribution is -0.141. The average molecular weight is 512 g/mol. The largest absolute Gasteiger partial charge is 0.480 e. The van der Waals surface area contributed by atoms with Crippen LogP contribution < -0.4 is 9.47 Å². The van der Waals surface area contributed by atoms with Crippen molar-refractivity contribution in [2.75, 3.05) is 13.3 Å². The Balaban J connectivity index is 1.20. The van der Waals surface area contributed by atoms with Crippen molar-refractivity contribution < 1.29 is 29.0 Å². The van der Waals surface area contributed by atoms with Crippen LogP contribution in [0.25, 0.3) is 11.1 Å². The standard InChI is InChI=1S/C31H29NO6/c1-19-4-5-20(16-28(33)31(12-13-31)23-10-11-26-27(17-23)38-18-37-26)15-24(19)21-6-8-22(9-7-21)29(34)32-14-2-3-25(32)30(35)36/h4-11,15,17,25H,2-3,12-14,16,18H2,1H3,(H,35,36). The third kappa shape index (κ3) is 4.22. The molecule has 1 saturated carbocycles. The summed E-state index contributed by atoms with van der Waals surface area (Å²) in [4.78, 5) is 39.4. The van der Waals surface area contributed by atoms with Gasteiger partial charge in [-0.2, -0.15) is 0 Å². The van der Waals surface area contributed by atoms with Gasteiger partial charge in [0, 0.05) is 18.5 Å². The van der Waals surface area contributed by atoms with Crippen molar-refractivity contribution in [2.45, 2.75) is 50.5 Å². The summed E-state index contributed by atoms with van der Waals surface area (Å²) in [7, 11) is 0. The Bertz CT molecular complexity index is 1440. The number of hydrogen-bond donors (Lipinski definition) is 1. The molecule has 3 aromatic carbocycles. The Morgan fingerprint density at radius 1 is 0.974 bits per heavy atom. The van der Waals surface area contributed by atoms with Crippen molar-refractivity contribution in [1.29, 1.82) is 0 Å². The average Bonchev–Trinajstić information content (AvgIpc) is 3.35. The van der Waals surface area contributed by atoms with Gasteiger partial charge in [0.2, 0.25) is 6.79 Å². The minimum atomic E-state index is -0.957. The number of ether oxygens (including phenoxy) is 2. The highest BCUT2D eigenvalue weighted by molar-refractivity contribution is 5.97. The summed E-state index contributed by atoms with van der Waals surface area (Å²) in [6, 6.07) is 18.4. The molecule has 1 atom stereocenters. The van der Waals surface area contributed by atoms with Crippen LogP contribution in [-0.2, 0) is 21.4 Å². The van der Waals surface area contributed by atoms with E-state index in [1.54, 1.807) is 12.1 Å². The van der Waals surface area contributed by atoms with E-state index in [1.165, 1.54) is 4.90 Å². The Morgan fingerprint density at radius 2 is 1.74 bits per heavy atom. The number of benzene rings is 3. The quantitative estimate of drug-likeness (QED) is 0.484. The Kier molecular flexibility index (Phi) is 5.94. The van der Waals surface area contributed by atoms with Crippen LogP contribution in [0.4, 0.5) is 0 Å². The zero-order chi connectivity index (χ0) is 26.4. The van der Waals surface area contributed by atoms with E-state index in [4.69, 9.17) is 9.47 Å². The van der Waals surface area contributed by atoms with Gasteiger partial charge in [-0.25, -0.2) is 4.79 Å². The zero-order valence-electron chi connectivity index (χ0n) is 21.2. The van der Waals surface area contributed by atoms with E-state index < -0.39 is 17.4 Å². The van der Waals surface area contributed by atoms with Gasteiger partial charge in [0.1, 0.15) is 11.8 Å². The van der Waals surface area contributed by atoms with Crippen LogP contribution in [0.2, 0.25) is 0 Å². The summed E-state index contributed by atoms with van der Waals surface area (Å²) in [5.41, 5.74) is 4.98. The number of aliphatic carboxylic acids is 1. The van der Waals surface area contributed by atoms with Crippen molar-refractivity contribution in [1.82, 2.24) is 4.90 Å². The van der Waals surface area contributed by atoms with E-state index >= 15 is 0 Å². The van der Waals surface area contributed by atoms with Crippen molar-refractivity contribution in [2.24, 2.45) is 0 Å². The van der Waals surface area contributed by atoms with Gasteiger partial charge in [-0.05, 0) is 84.7 Å². The molecule has 0 radical (unpaired) electrons. The normalized spacial score (nSPS) is 18.9. The lowest BCUT2D eigenvalue weighted by atomic mass is 9.87. The fourth-order valence-electron chi connectivity index (χ4n) is 5.72. The first-order valence-electron chi connectivity index (χ1n) is 13.0. The number of aryl methyl sites for hydroxylation is 1. The van der Waals surface area contributed by atoms with Crippen molar-refractivity contribution >= 4 is 17.7 Å². The number of amides is 1. The van der Waals surface area contributed by atoms with Gasteiger partial charge in [-0.15, -0.1) is 0 Å². The molecule has 1 unspecified atom stereocenters. The molecule has 0 aromatic heterocycles. The summed E-state index contributed by atoms with van der Waals surface area (Å²) < 4.78 is 10.9. The topological polar surface area (TPSA) is 93.1 Å². The number of carboxylic acid groups (broad SMARTS) is 1. The van der Waals surface area contributed by atoms with E-state index in [1.807, 2.05) is 49.4 Å². The Morgan fingerprint density at radius 3 is 2.47 bits per heavy atom. The van der Waals surface area contributed by atoms with Crippen LogP contribution in [-0.4, -0.2) is 47.0 Å². The lowest BCUT2D eigenvalue weighted by Gasteiger charge is -2.21. The highest BCUT2D eigenvalue weighted by Crippen LogP contribution is 2.51. The van der Waals surface area contributed by atoms with Crippen molar-refractivity contribution in [3.05, 3.63) is 82.9 Å². The summed E-state index contributed by atoms with van der Waals surface area (Å²) in [6.45, 7) is 2.69. The summed E-state index contributed by atoms with van der Waals surface area (Å²) in [5, 5.41) is 9.42. The second kappa shape index (κ2) is 9.31. The van der Waals surface area contributed by atoms with Gasteiger partial charge in [0.05, 0.1) is 5.41 Å². The molecule has 1 aliphatic carbocycles. The summed E-state index contributed by atoms with van der Waals surface area (Å²) in [5.74, 6) is 0.404. The molecule has 38 heavy (non-hydrogen) atoms. The van der Waals surface area contributed by atoms with Crippen LogP contribution in [0.5, 0.6) is 11.5 Å². The first kappa shape index (κ1) is 24.2. The third-order valence-corrected chi connectivity index (χ3v) is 8.12. The Labute approximate surface area is 221 Å². The van der Waals surface area contributed by atoms with Gasteiger partial charge < -0.3 is 19.5 Å². The molecule has 3 aliphatic rings. The van der Waals surface area contributed by atoms with Crippen molar-refractivity contribution in [3.63, 3.8) is 0 Å². The molecule has 6 rings (SSSR count). The van der Waals surface area contributed by atoms with Crippen LogP contribution >= 0.6 is 0 Å². The van der Waals surface area contributed by atoms with Gasteiger partial charge in [-0.3, -0.25) is 9.59 Å².